The van der Waals surface area contributed by atoms with E-state index in [2.05, 4.69) is 5.32 Å². The lowest BCUT2D eigenvalue weighted by atomic mass is 10.1. The molecule has 1 rings (SSSR count). The van der Waals surface area contributed by atoms with E-state index in [1.807, 2.05) is 0 Å². The molecule has 0 aliphatic heterocycles. The van der Waals surface area contributed by atoms with Crippen molar-refractivity contribution in [3.63, 3.8) is 0 Å². The lowest BCUT2D eigenvalue weighted by molar-refractivity contribution is 0.0990. The molecule has 68 valence electrons. The minimum Gasteiger partial charge on any atom is -0.472 e. The molecule has 0 radical (unpaired) electrons. The number of alkyl halides is 2. The van der Waals surface area contributed by atoms with Gasteiger partial charge < -0.3 is 9.73 Å². The lowest BCUT2D eigenvalue weighted by Gasteiger charge is -2.14. The van der Waals surface area contributed by atoms with Gasteiger partial charge in [0.2, 0.25) is 0 Å². The van der Waals surface area contributed by atoms with Crippen molar-refractivity contribution in [3.05, 3.63) is 24.2 Å². The Kier molecular flexibility index (Phi) is 3.22. The minimum atomic E-state index is -2.40. The molecule has 0 spiro atoms. The van der Waals surface area contributed by atoms with Gasteiger partial charge in [-0.1, -0.05) is 6.92 Å². The van der Waals surface area contributed by atoms with E-state index in [1.54, 1.807) is 13.0 Å². The van der Waals surface area contributed by atoms with E-state index in [4.69, 9.17) is 4.42 Å². The van der Waals surface area contributed by atoms with Crippen LogP contribution >= 0.6 is 0 Å². The van der Waals surface area contributed by atoms with Crippen LogP contribution in [0, 0.1) is 0 Å². The van der Waals surface area contributed by atoms with Crippen molar-refractivity contribution in [2.75, 3.05) is 6.54 Å². The number of furan rings is 1. The van der Waals surface area contributed by atoms with E-state index in [0.717, 1.165) is 0 Å². The molecule has 0 fully saturated rings. The van der Waals surface area contributed by atoms with E-state index in [-0.39, 0.29) is 0 Å². The second-order valence-electron chi connectivity index (χ2n) is 2.43. The van der Waals surface area contributed by atoms with Gasteiger partial charge in [-0.25, -0.2) is 8.78 Å². The van der Waals surface area contributed by atoms with Gasteiger partial charge in [0, 0.05) is 5.56 Å². The Morgan fingerprint density at radius 2 is 2.33 bits per heavy atom. The molecule has 0 aliphatic carbocycles. The zero-order valence-electron chi connectivity index (χ0n) is 6.76. The van der Waals surface area contributed by atoms with Crippen molar-refractivity contribution in [3.8, 4) is 0 Å². The lowest BCUT2D eigenvalue weighted by Crippen LogP contribution is -2.26. The summed E-state index contributed by atoms with van der Waals surface area (Å²) in [6.45, 7) is 2.30. The van der Waals surface area contributed by atoms with Crippen molar-refractivity contribution in [2.45, 2.75) is 19.4 Å². The fourth-order valence-corrected chi connectivity index (χ4v) is 1.02. The molecule has 1 aromatic rings. The summed E-state index contributed by atoms with van der Waals surface area (Å²) in [5.41, 5.74) is 0.492. The van der Waals surface area contributed by atoms with E-state index in [1.165, 1.54) is 12.5 Å². The molecule has 12 heavy (non-hydrogen) atoms. The van der Waals surface area contributed by atoms with Crippen LogP contribution in [0.2, 0.25) is 0 Å². The van der Waals surface area contributed by atoms with Gasteiger partial charge in [-0.05, 0) is 12.6 Å². The first-order valence-corrected chi connectivity index (χ1v) is 3.79. The molecule has 0 aromatic carbocycles. The molecule has 1 heterocycles. The minimum absolute atomic E-state index is 0.492. The monoisotopic (exact) mass is 175 g/mol. The third kappa shape index (κ3) is 2.04. The quantitative estimate of drug-likeness (QED) is 0.758. The zero-order chi connectivity index (χ0) is 8.97. The molecule has 4 heteroatoms. The molecule has 1 N–H and O–H groups in total. The van der Waals surface area contributed by atoms with Crippen molar-refractivity contribution < 1.29 is 13.2 Å². The number of hydrogen-bond acceptors (Lipinski definition) is 2. The van der Waals surface area contributed by atoms with Gasteiger partial charge >= 0.3 is 0 Å². The maximum Gasteiger partial charge on any atom is 0.257 e. The Morgan fingerprint density at radius 1 is 1.58 bits per heavy atom. The maximum atomic E-state index is 12.3. The Morgan fingerprint density at radius 3 is 2.75 bits per heavy atom. The van der Waals surface area contributed by atoms with Crippen LogP contribution in [0.4, 0.5) is 8.78 Å². The van der Waals surface area contributed by atoms with Gasteiger partial charge in [0.1, 0.15) is 0 Å². The van der Waals surface area contributed by atoms with Gasteiger partial charge in [-0.3, -0.25) is 0 Å². The highest BCUT2D eigenvalue weighted by atomic mass is 19.3. The van der Waals surface area contributed by atoms with Crippen LogP contribution in [0.15, 0.2) is 23.0 Å². The summed E-state index contributed by atoms with van der Waals surface area (Å²) in [5, 5.41) is 2.67. The standard InChI is InChI=1S/C8H11F2NO/c1-2-11-7(8(9)10)6-3-4-12-5-6/h3-5,7-8,11H,2H2,1H3. The van der Waals surface area contributed by atoms with Gasteiger partial charge in [0.05, 0.1) is 18.6 Å². The van der Waals surface area contributed by atoms with Crippen LogP contribution in [-0.2, 0) is 0 Å². The van der Waals surface area contributed by atoms with Gasteiger partial charge in [0.15, 0.2) is 0 Å². The van der Waals surface area contributed by atoms with E-state index in [0.29, 0.717) is 12.1 Å². The highest BCUT2D eigenvalue weighted by molar-refractivity contribution is 5.12. The maximum absolute atomic E-state index is 12.3. The van der Waals surface area contributed by atoms with E-state index in [9.17, 15) is 8.78 Å². The summed E-state index contributed by atoms with van der Waals surface area (Å²) < 4.78 is 29.4. The number of nitrogens with one attached hydrogen (secondary N) is 1. The summed E-state index contributed by atoms with van der Waals surface area (Å²) in [6, 6.07) is 0.633. The van der Waals surface area contributed by atoms with Crippen molar-refractivity contribution in [2.24, 2.45) is 0 Å². The van der Waals surface area contributed by atoms with Crippen LogP contribution in [0.25, 0.3) is 0 Å². The first-order valence-electron chi connectivity index (χ1n) is 3.79. The molecule has 2 nitrogen and oxygen atoms in total. The van der Waals surface area contributed by atoms with Crippen LogP contribution in [0.3, 0.4) is 0 Å². The zero-order valence-corrected chi connectivity index (χ0v) is 6.76. The third-order valence-electron chi connectivity index (χ3n) is 1.58. The second kappa shape index (κ2) is 4.21. The van der Waals surface area contributed by atoms with E-state index >= 15 is 0 Å². The van der Waals surface area contributed by atoms with Crippen LogP contribution < -0.4 is 5.32 Å². The molecule has 0 amide bonds. The first-order chi connectivity index (χ1) is 5.75. The van der Waals surface area contributed by atoms with Gasteiger partial charge in [0.25, 0.3) is 6.43 Å². The highest BCUT2D eigenvalue weighted by Gasteiger charge is 2.21. The summed E-state index contributed by atoms with van der Waals surface area (Å²) in [7, 11) is 0. The van der Waals surface area contributed by atoms with Gasteiger partial charge in [-0.2, -0.15) is 0 Å². The summed E-state index contributed by atoms with van der Waals surface area (Å²) >= 11 is 0. The van der Waals surface area contributed by atoms with Crippen molar-refractivity contribution in [1.82, 2.24) is 5.32 Å². The normalized spacial score (nSPS) is 13.7. The fourth-order valence-electron chi connectivity index (χ4n) is 1.02. The second-order valence-corrected chi connectivity index (χ2v) is 2.43. The Labute approximate surface area is 69.6 Å². The molecular weight excluding hydrogens is 164 g/mol. The van der Waals surface area contributed by atoms with Crippen LogP contribution in [-0.4, -0.2) is 13.0 Å². The average Bonchev–Trinajstić information content (AvgIpc) is 2.51. The van der Waals surface area contributed by atoms with Gasteiger partial charge in [-0.15, -0.1) is 0 Å². The predicted molar refractivity (Wildman–Crippen MR) is 41.1 cm³/mol. The van der Waals surface area contributed by atoms with Crippen LogP contribution in [0.1, 0.15) is 18.5 Å². The Hall–Kier alpha value is -0.900. The predicted octanol–water partition coefficient (Wildman–Crippen LogP) is 2.20. The van der Waals surface area contributed by atoms with Crippen molar-refractivity contribution in [1.29, 1.82) is 0 Å². The van der Waals surface area contributed by atoms with Crippen LogP contribution in [0.5, 0.6) is 0 Å². The molecule has 0 saturated heterocycles. The Balaban J connectivity index is 2.66. The van der Waals surface area contributed by atoms with Crippen molar-refractivity contribution >= 4 is 0 Å². The van der Waals surface area contributed by atoms with E-state index < -0.39 is 12.5 Å². The smallest absolute Gasteiger partial charge is 0.257 e. The SMILES string of the molecule is CCNC(c1ccoc1)C(F)F. The first kappa shape index (κ1) is 9.19. The molecule has 0 saturated carbocycles. The molecule has 1 unspecified atom stereocenters. The molecular formula is C8H11F2NO. The number of hydrogen-bond donors (Lipinski definition) is 1. The third-order valence-corrected chi connectivity index (χ3v) is 1.58. The molecule has 1 aromatic heterocycles. The summed E-state index contributed by atoms with van der Waals surface area (Å²) in [6.07, 6.45) is 0.323. The topological polar surface area (TPSA) is 25.2 Å². The highest BCUT2D eigenvalue weighted by Crippen LogP contribution is 2.20. The number of halogens is 2. The fraction of sp³-hybridized carbons (Fsp3) is 0.500. The average molecular weight is 175 g/mol. The largest absolute Gasteiger partial charge is 0.472 e. The Bertz CT molecular complexity index is 211. The molecule has 1 atom stereocenters. The molecule has 0 bridgehead atoms. The summed E-state index contributed by atoms with van der Waals surface area (Å²) in [4.78, 5) is 0. The summed E-state index contributed by atoms with van der Waals surface area (Å²) in [5.74, 6) is 0. The number of rotatable bonds is 4. The molecule has 0 aliphatic rings.